The second-order valence-electron chi connectivity index (χ2n) is 3.25. The minimum Gasteiger partial charge on any atom is -0.427 e. The van der Waals surface area contributed by atoms with E-state index in [4.69, 9.17) is 10.0 Å². The summed E-state index contributed by atoms with van der Waals surface area (Å²) in [6.07, 6.45) is -4.20. The van der Waals surface area contributed by atoms with Crippen LogP contribution in [0.3, 0.4) is 0 Å². The summed E-state index contributed by atoms with van der Waals surface area (Å²) in [7, 11) is -1.65. The van der Waals surface area contributed by atoms with Crippen LogP contribution in [0.1, 0.15) is 12.8 Å². The molecule has 0 bridgehead atoms. The molecule has 1 saturated heterocycles. The number of hydrogen-bond acceptors (Lipinski definition) is 3. The topological polar surface area (TPSA) is 52.5 Å². The predicted molar refractivity (Wildman–Crippen MR) is 41.0 cm³/mol. The van der Waals surface area contributed by atoms with Gasteiger partial charge in [0.05, 0.1) is 0 Å². The molecule has 0 unspecified atom stereocenters. The summed E-state index contributed by atoms with van der Waals surface area (Å²) in [4.78, 5) is 0. The summed E-state index contributed by atoms with van der Waals surface area (Å²) in [5, 5.41) is 19.7. The summed E-state index contributed by atoms with van der Waals surface area (Å²) in [6, 6.07) is -1.60. The molecule has 0 spiro atoms. The van der Waals surface area contributed by atoms with Gasteiger partial charge in [0.1, 0.15) is 6.04 Å². The standard InChI is InChI=1S/C6H11BF3NO2/c8-6(9,10)5-3-4(7(12)13)1-2-11-5/h4-5,11-13H,1-3H2/t4-,5+/m1/s1. The Labute approximate surface area is 74.1 Å². The van der Waals surface area contributed by atoms with Gasteiger partial charge in [-0.3, -0.25) is 0 Å². The molecule has 76 valence electrons. The van der Waals surface area contributed by atoms with Crippen LogP contribution >= 0.6 is 0 Å². The van der Waals surface area contributed by atoms with Crippen molar-refractivity contribution in [3.63, 3.8) is 0 Å². The molecule has 0 amide bonds. The molecule has 1 fully saturated rings. The van der Waals surface area contributed by atoms with E-state index in [0.29, 0.717) is 6.42 Å². The van der Waals surface area contributed by atoms with Gasteiger partial charge in [-0.1, -0.05) is 0 Å². The lowest BCUT2D eigenvalue weighted by Crippen LogP contribution is -2.48. The third-order valence-electron chi connectivity index (χ3n) is 2.26. The van der Waals surface area contributed by atoms with E-state index < -0.39 is 25.2 Å². The normalized spacial score (nSPS) is 30.2. The number of alkyl halides is 3. The number of rotatable bonds is 1. The van der Waals surface area contributed by atoms with Gasteiger partial charge in [0.2, 0.25) is 0 Å². The molecule has 0 aromatic heterocycles. The average molecular weight is 197 g/mol. The van der Waals surface area contributed by atoms with E-state index in [-0.39, 0.29) is 13.0 Å². The summed E-state index contributed by atoms with van der Waals surface area (Å²) in [6.45, 7) is 0.173. The molecule has 1 rings (SSSR count). The monoisotopic (exact) mass is 197 g/mol. The van der Waals surface area contributed by atoms with Crippen LogP contribution in [-0.4, -0.2) is 35.9 Å². The fourth-order valence-electron chi connectivity index (χ4n) is 1.47. The predicted octanol–water partition coefficient (Wildman–Crippen LogP) is 0.144. The maximum atomic E-state index is 12.2. The molecule has 0 aromatic carbocycles. The molecule has 3 nitrogen and oxygen atoms in total. The second-order valence-corrected chi connectivity index (χ2v) is 3.25. The van der Waals surface area contributed by atoms with E-state index in [2.05, 4.69) is 5.32 Å². The molecule has 0 aliphatic carbocycles. The molecule has 1 heterocycles. The highest BCUT2D eigenvalue weighted by Gasteiger charge is 2.44. The van der Waals surface area contributed by atoms with E-state index in [0.717, 1.165) is 0 Å². The lowest BCUT2D eigenvalue weighted by atomic mass is 9.66. The Morgan fingerprint density at radius 2 is 1.92 bits per heavy atom. The lowest BCUT2D eigenvalue weighted by Gasteiger charge is -2.31. The van der Waals surface area contributed by atoms with Crippen LogP contribution in [-0.2, 0) is 0 Å². The molecule has 0 aromatic rings. The molecule has 3 N–H and O–H groups in total. The molecule has 7 heteroatoms. The quantitative estimate of drug-likeness (QED) is 0.524. The highest BCUT2D eigenvalue weighted by Crippen LogP contribution is 2.32. The highest BCUT2D eigenvalue weighted by atomic mass is 19.4. The second kappa shape index (κ2) is 3.85. The summed E-state index contributed by atoms with van der Waals surface area (Å²) in [5.74, 6) is -0.673. The Balaban J connectivity index is 2.52. The van der Waals surface area contributed by atoms with Gasteiger partial charge in [-0.25, -0.2) is 0 Å². The first-order valence-corrected chi connectivity index (χ1v) is 4.07. The maximum Gasteiger partial charge on any atom is 0.454 e. The summed E-state index contributed by atoms with van der Waals surface area (Å²) < 4.78 is 36.5. The number of hydrogen-bond donors (Lipinski definition) is 3. The molecule has 2 atom stereocenters. The van der Waals surface area contributed by atoms with Crippen LogP contribution in [0.2, 0.25) is 5.82 Å². The van der Waals surface area contributed by atoms with E-state index >= 15 is 0 Å². The van der Waals surface area contributed by atoms with Crippen molar-refractivity contribution in [3.05, 3.63) is 0 Å². The summed E-state index contributed by atoms with van der Waals surface area (Å²) in [5.41, 5.74) is 0. The first-order chi connectivity index (χ1) is 5.91. The Morgan fingerprint density at radius 1 is 1.31 bits per heavy atom. The van der Waals surface area contributed by atoms with Crippen LogP contribution < -0.4 is 5.32 Å². The van der Waals surface area contributed by atoms with Gasteiger partial charge in [-0.2, -0.15) is 13.2 Å². The molecular formula is C6H11BF3NO2. The van der Waals surface area contributed by atoms with Gasteiger partial charge in [0, 0.05) is 0 Å². The first kappa shape index (κ1) is 10.8. The van der Waals surface area contributed by atoms with Crippen molar-refractivity contribution in [1.82, 2.24) is 5.32 Å². The Hall–Kier alpha value is -0.265. The van der Waals surface area contributed by atoms with Crippen LogP contribution in [0, 0.1) is 0 Å². The Morgan fingerprint density at radius 3 is 2.38 bits per heavy atom. The first-order valence-electron chi connectivity index (χ1n) is 4.07. The smallest absolute Gasteiger partial charge is 0.427 e. The largest absolute Gasteiger partial charge is 0.454 e. The molecule has 1 aliphatic rings. The minimum atomic E-state index is -4.30. The zero-order valence-corrected chi connectivity index (χ0v) is 6.88. The fourth-order valence-corrected chi connectivity index (χ4v) is 1.47. The third-order valence-corrected chi connectivity index (χ3v) is 2.26. The molecule has 0 radical (unpaired) electrons. The zero-order valence-electron chi connectivity index (χ0n) is 6.88. The van der Waals surface area contributed by atoms with Crippen molar-refractivity contribution in [2.75, 3.05) is 6.54 Å². The van der Waals surface area contributed by atoms with Gasteiger partial charge in [0.15, 0.2) is 0 Å². The van der Waals surface area contributed by atoms with Gasteiger partial charge in [-0.05, 0) is 25.2 Å². The van der Waals surface area contributed by atoms with E-state index in [1.165, 1.54) is 0 Å². The van der Waals surface area contributed by atoms with Crippen LogP contribution in [0.5, 0.6) is 0 Å². The SMILES string of the molecule is OB(O)[C@@H]1CCN[C@H](C(F)(F)F)C1. The molecule has 1 aliphatic heterocycles. The maximum absolute atomic E-state index is 12.2. The number of piperidine rings is 1. The van der Waals surface area contributed by atoms with Crippen molar-refractivity contribution in [1.29, 1.82) is 0 Å². The summed E-state index contributed by atoms with van der Waals surface area (Å²) >= 11 is 0. The number of nitrogens with one attached hydrogen (secondary N) is 1. The zero-order chi connectivity index (χ0) is 10.1. The Bertz CT molecular complexity index is 176. The van der Waals surface area contributed by atoms with Crippen LogP contribution in [0.25, 0.3) is 0 Å². The third kappa shape index (κ3) is 2.86. The van der Waals surface area contributed by atoms with Gasteiger partial charge >= 0.3 is 13.3 Å². The van der Waals surface area contributed by atoms with Crippen molar-refractivity contribution in [3.8, 4) is 0 Å². The van der Waals surface area contributed by atoms with Gasteiger partial charge < -0.3 is 15.4 Å². The number of halogens is 3. The highest BCUT2D eigenvalue weighted by molar-refractivity contribution is 6.43. The molecule has 13 heavy (non-hydrogen) atoms. The van der Waals surface area contributed by atoms with E-state index in [9.17, 15) is 13.2 Å². The average Bonchev–Trinajstić information content (AvgIpc) is 2.03. The van der Waals surface area contributed by atoms with Crippen molar-refractivity contribution in [2.45, 2.75) is 30.9 Å². The fraction of sp³-hybridized carbons (Fsp3) is 1.00. The minimum absolute atomic E-state index is 0.173. The van der Waals surface area contributed by atoms with E-state index in [1.807, 2.05) is 0 Å². The van der Waals surface area contributed by atoms with Crippen LogP contribution in [0.15, 0.2) is 0 Å². The van der Waals surface area contributed by atoms with E-state index in [1.54, 1.807) is 0 Å². The van der Waals surface area contributed by atoms with Crippen molar-refractivity contribution in [2.24, 2.45) is 0 Å². The van der Waals surface area contributed by atoms with Crippen molar-refractivity contribution < 1.29 is 23.2 Å². The van der Waals surface area contributed by atoms with Gasteiger partial charge in [-0.15, -0.1) is 0 Å². The molecule has 0 saturated carbocycles. The van der Waals surface area contributed by atoms with Crippen LogP contribution in [0.4, 0.5) is 13.2 Å². The van der Waals surface area contributed by atoms with Gasteiger partial charge in [0.25, 0.3) is 0 Å². The van der Waals surface area contributed by atoms with Crippen molar-refractivity contribution >= 4 is 7.12 Å². The molecular weight excluding hydrogens is 186 g/mol. The lowest BCUT2D eigenvalue weighted by molar-refractivity contribution is -0.160. The Kier molecular flexibility index (Phi) is 3.20.